The minimum absolute atomic E-state index is 0.00460. The van der Waals surface area contributed by atoms with Crippen molar-refractivity contribution >= 4 is 23.3 Å². The zero-order chi connectivity index (χ0) is 21.8. The number of carbonyl (C=O) groups excluding carboxylic acids is 3. The van der Waals surface area contributed by atoms with Gasteiger partial charge in [0.15, 0.2) is 6.10 Å². The van der Waals surface area contributed by atoms with Crippen LogP contribution in [0, 0.1) is 12.8 Å². The first-order valence-electron chi connectivity index (χ1n) is 9.67. The summed E-state index contributed by atoms with van der Waals surface area (Å²) in [5.41, 5.74) is 2.04. The molecule has 2 aromatic rings. The van der Waals surface area contributed by atoms with E-state index in [-0.39, 0.29) is 24.7 Å². The largest absolute Gasteiger partial charge is 0.497 e. The number of esters is 1. The van der Waals surface area contributed by atoms with E-state index >= 15 is 0 Å². The quantitative estimate of drug-likeness (QED) is 0.514. The molecule has 30 heavy (non-hydrogen) atoms. The van der Waals surface area contributed by atoms with Gasteiger partial charge in [0.05, 0.1) is 25.8 Å². The molecule has 0 N–H and O–H groups in total. The second-order valence-electron chi connectivity index (χ2n) is 7.25. The van der Waals surface area contributed by atoms with Gasteiger partial charge in [-0.2, -0.15) is 0 Å². The molecule has 0 radical (unpaired) electrons. The van der Waals surface area contributed by atoms with E-state index in [1.54, 1.807) is 37.3 Å². The first kappa shape index (κ1) is 21.4. The van der Waals surface area contributed by atoms with Crippen molar-refractivity contribution in [2.75, 3.05) is 25.7 Å². The first-order valence-corrected chi connectivity index (χ1v) is 9.67. The molecular weight excluding hydrogens is 386 g/mol. The Morgan fingerprint density at radius 3 is 2.40 bits per heavy atom. The Morgan fingerprint density at radius 2 is 1.77 bits per heavy atom. The molecule has 158 valence electrons. The summed E-state index contributed by atoms with van der Waals surface area (Å²) in [4.78, 5) is 39.2. The van der Waals surface area contributed by atoms with Gasteiger partial charge in [0.25, 0.3) is 0 Å². The molecule has 2 atom stereocenters. The van der Waals surface area contributed by atoms with Gasteiger partial charge in [-0.05, 0) is 26.0 Å². The van der Waals surface area contributed by atoms with Crippen LogP contribution in [0.3, 0.4) is 0 Å². The number of anilines is 1. The highest BCUT2D eigenvalue weighted by Gasteiger charge is 2.38. The molecule has 3 rings (SSSR count). The first-order chi connectivity index (χ1) is 14.3. The highest BCUT2D eigenvalue weighted by molar-refractivity contribution is 6.02. The molecule has 0 unspecified atom stereocenters. The average Bonchev–Trinajstić information content (AvgIpc) is 3.14. The highest BCUT2D eigenvalue weighted by Crippen LogP contribution is 2.36. The van der Waals surface area contributed by atoms with E-state index in [0.717, 1.165) is 5.56 Å². The lowest BCUT2D eigenvalue weighted by Crippen LogP contribution is -2.30. The molecule has 1 heterocycles. The number of aryl methyl sites for hydroxylation is 1. The average molecular weight is 411 g/mol. The standard InChI is InChI=1S/C23H25NO6/c1-14-5-7-16(8-6-14)22(26)15(2)30-23(27)17-11-21(25)24(13-17)19-12-18(28-3)9-10-20(19)29-4/h5-10,12,15,17H,11,13H2,1-4H3/t15-,17+/m1/s1. The van der Waals surface area contributed by atoms with Crippen LogP contribution in [0.4, 0.5) is 5.69 Å². The van der Waals surface area contributed by atoms with Crippen molar-refractivity contribution in [3.8, 4) is 11.5 Å². The summed E-state index contributed by atoms with van der Waals surface area (Å²) in [7, 11) is 3.04. The van der Waals surface area contributed by atoms with Crippen LogP contribution in [0.5, 0.6) is 11.5 Å². The molecule has 7 heteroatoms. The van der Waals surface area contributed by atoms with Crippen molar-refractivity contribution in [3.63, 3.8) is 0 Å². The lowest BCUT2D eigenvalue weighted by atomic mass is 10.1. The molecule has 0 aliphatic carbocycles. The van der Waals surface area contributed by atoms with Gasteiger partial charge in [0, 0.05) is 24.6 Å². The zero-order valence-electron chi connectivity index (χ0n) is 17.5. The van der Waals surface area contributed by atoms with E-state index in [2.05, 4.69) is 0 Å². The van der Waals surface area contributed by atoms with E-state index in [1.165, 1.54) is 19.1 Å². The lowest BCUT2D eigenvalue weighted by Gasteiger charge is -2.20. The van der Waals surface area contributed by atoms with Crippen LogP contribution in [-0.4, -0.2) is 44.5 Å². The number of amides is 1. The van der Waals surface area contributed by atoms with Crippen LogP contribution >= 0.6 is 0 Å². The van der Waals surface area contributed by atoms with Crippen molar-refractivity contribution in [1.29, 1.82) is 0 Å². The van der Waals surface area contributed by atoms with Gasteiger partial charge in [-0.25, -0.2) is 0 Å². The number of hydrogen-bond donors (Lipinski definition) is 0. The Morgan fingerprint density at radius 1 is 1.07 bits per heavy atom. The smallest absolute Gasteiger partial charge is 0.312 e. The van der Waals surface area contributed by atoms with Crippen LogP contribution in [-0.2, 0) is 14.3 Å². The number of hydrogen-bond acceptors (Lipinski definition) is 6. The molecule has 1 saturated heterocycles. The highest BCUT2D eigenvalue weighted by atomic mass is 16.5. The van der Waals surface area contributed by atoms with Crippen LogP contribution in [0.25, 0.3) is 0 Å². The number of methoxy groups -OCH3 is 2. The summed E-state index contributed by atoms with van der Waals surface area (Å²) >= 11 is 0. The maximum absolute atomic E-state index is 12.6. The lowest BCUT2D eigenvalue weighted by molar-refractivity contribution is -0.151. The molecule has 0 aromatic heterocycles. The fourth-order valence-electron chi connectivity index (χ4n) is 3.38. The predicted octanol–water partition coefficient (Wildman–Crippen LogP) is 3.18. The number of ether oxygens (including phenoxy) is 3. The van der Waals surface area contributed by atoms with E-state index in [9.17, 15) is 14.4 Å². The molecule has 2 aromatic carbocycles. The van der Waals surface area contributed by atoms with E-state index in [0.29, 0.717) is 22.7 Å². The number of ketones is 1. The van der Waals surface area contributed by atoms with Gasteiger partial charge in [0.1, 0.15) is 11.5 Å². The molecule has 0 spiro atoms. The maximum Gasteiger partial charge on any atom is 0.312 e. The van der Waals surface area contributed by atoms with Crippen LogP contribution in [0.1, 0.15) is 29.3 Å². The van der Waals surface area contributed by atoms with Crippen molar-refractivity contribution in [3.05, 3.63) is 53.6 Å². The van der Waals surface area contributed by atoms with Crippen molar-refractivity contribution < 1.29 is 28.6 Å². The van der Waals surface area contributed by atoms with Crippen molar-refractivity contribution in [2.45, 2.75) is 26.4 Å². The topological polar surface area (TPSA) is 82.1 Å². The van der Waals surface area contributed by atoms with Gasteiger partial charge in [-0.3, -0.25) is 14.4 Å². The van der Waals surface area contributed by atoms with Gasteiger partial charge < -0.3 is 19.1 Å². The fourth-order valence-corrected chi connectivity index (χ4v) is 3.38. The van der Waals surface area contributed by atoms with Crippen LogP contribution in [0.2, 0.25) is 0 Å². The SMILES string of the molecule is COc1ccc(OC)c(N2C[C@@H](C(=O)O[C@H](C)C(=O)c3ccc(C)cc3)CC2=O)c1. The Hall–Kier alpha value is -3.35. The van der Waals surface area contributed by atoms with Gasteiger partial charge in [-0.1, -0.05) is 29.8 Å². The van der Waals surface area contributed by atoms with E-state index in [1.807, 2.05) is 19.1 Å². The van der Waals surface area contributed by atoms with Crippen LogP contribution < -0.4 is 14.4 Å². The summed E-state index contributed by atoms with van der Waals surface area (Å²) < 4.78 is 16.0. The Kier molecular flexibility index (Phi) is 6.40. The molecule has 1 fully saturated rings. The van der Waals surface area contributed by atoms with Crippen molar-refractivity contribution in [1.82, 2.24) is 0 Å². The number of carbonyl (C=O) groups is 3. The molecule has 0 saturated carbocycles. The maximum atomic E-state index is 12.6. The number of benzene rings is 2. The third-order valence-corrected chi connectivity index (χ3v) is 5.13. The number of Topliss-reactive ketones (excluding diaryl/α,β-unsaturated/α-hetero) is 1. The normalized spacial score (nSPS) is 16.9. The zero-order valence-corrected chi connectivity index (χ0v) is 17.5. The van der Waals surface area contributed by atoms with Gasteiger partial charge >= 0.3 is 5.97 Å². The summed E-state index contributed by atoms with van der Waals surface area (Å²) in [6.45, 7) is 3.62. The van der Waals surface area contributed by atoms with Gasteiger partial charge in [-0.15, -0.1) is 0 Å². The number of nitrogens with zero attached hydrogens (tertiary/aromatic N) is 1. The molecule has 0 bridgehead atoms. The molecule has 1 aliphatic rings. The Labute approximate surface area is 175 Å². The molecule has 7 nitrogen and oxygen atoms in total. The summed E-state index contributed by atoms with van der Waals surface area (Å²) in [6.07, 6.45) is -0.930. The minimum Gasteiger partial charge on any atom is -0.497 e. The van der Waals surface area contributed by atoms with Crippen molar-refractivity contribution in [2.24, 2.45) is 5.92 Å². The second-order valence-corrected chi connectivity index (χ2v) is 7.25. The fraction of sp³-hybridized carbons (Fsp3) is 0.348. The van der Waals surface area contributed by atoms with E-state index in [4.69, 9.17) is 14.2 Å². The molecule has 1 amide bonds. The third kappa shape index (κ3) is 4.45. The Bertz CT molecular complexity index is 953. The summed E-state index contributed by atoms with van der Waals surface area (Å²) in [5.74, 6) is -0.662. The summed E-state index contributed by atoms with van der Waals surface area (Å²) in [5, 5.41) is 0. The van der Waals surface area contributed by atoms with Gasteiger partial charge in [0.2, 0.25) is 11.7 Å². The number of rotatable bonds is 7. The predicted molar refractivity (Wildman–Crippen MR) is 111 cm³/mol. The molecular formula is C23H25NO6. The Balaban J connectivity index is 1.69. The third-order valence-electron chi connectivity index (χ3n) is 5.13. The van der Waals surface area contributed by atoms with Crippen LogP contribution in [0.15, 0.2) is 42.5 Å². The van der Waals surface area contributed by atoms with E-state index < -0.39 is 18.0 Å². The second kappa shape index (κ2) is 8.98. The minimum atomic E-state index is -0.935. The summed E-state index contributed by atoms with van der Waals surface area (Å²) in [6, 6.07) is 12.2. The molecule has 1 aliphatic heterocycles. The monoisotopic (exact) mass is 411 g/mol.